The van der Waals surface area contributed by atoms with Gasteiger partial charge in [-0.05, 0) is 42.2 Å². The number of allylic oxidation sites excluding steroid dienone is 2. The monoisotopic (exact) mass is 479 g/mol. The van der Waals surface area contributed by atoms with Gasteiger partial charge in [-0.3, -0.25) is 9.59 Å². The fourth-order valence-corrected chi connectivity index (χ4v) is 6.17. The third-order valence-corrected chi connectivity index (χ3v) is 7.80. The van der Waals surface area contributed by atoms with Crippen LogP contribution in [0.4, 0.5) is 5.69 Å². The molecule has 2 aromatic carbocycles. The number of fused-ring (bicyclic) bond motifs is 4. The van der Waals surface area contributed by atoms with Crippen LogP contribution in [-0.4, -0.2) is 39.5 Å². The number of aliphatic hydroxyl groups excluding tert-OH is 1. The number of benzene rings is 2. The number of epoxide rings is 1. The zero-order valence-corrected chi connectivity index (χ0v) is 20.2. The molecule has 0 radical (unpaired) electrons. The van der Waals surface area contributed by atoms with E-state index in [0.717, 1.165) is 18.4 Å². The van der Waals surface area contributed by atoms with Crippen molar-refractivity contribution < 1.29 is 24.5 Å². The Morgan fingerprint density at radius 2 is 1.78 bits per heavy atom. The molecule has 6 rings (SSSR count). The highest BCUT2D eigenvalue weighted by Crippen LogP contribution is 2.68. The smallest absolute Gasteiger partial charge is 0.198 e. The minimum atomic E-state index is -1.32. The van der Waals surface area contributed by atoms with Crippen LogP contribution in [0.15, 0.2) is 36.4 Å². The molecule has 1 fully saturated rings. The van der Waals surface area contributed by atoms with Gasteiger partial charge in [-0.2, -0.15) is 0 Å². The SMILES string of the molecule is CCCc1ccc2c(c1)C(=O)c1c(O)cc3c(c1C2=O)N[C@H]1C#C/C=C\C#C[C@@H](O)[C@@]32O[C@@]12C(C)C. The maximum atomic E-state index is 13.9. The molecule has 4 atom stereocenters. The molecule has 2 aliphatic heterocycles. The van der Waals surface area contributed by atoms with Crippen LogP contribution >= 0.6 is 0 Å². The first-order valence-electron chi connectivity index (χ1n) is 12.2. The van der Waals surface area contributed by atoms with Gasteiger partial charge in [-0.15, -0.1) is 0 Å². The van der Waals surface area contributed by atoms with E-state index in [-0.39, 0.29) is 28.6 Å². The van der Waals surface area contributed by atoms with Gasteiger partial charge in [0.2, 0.25) is 0 Å². The zero-order valence-electron chi connectivity index (χ0n) is 20.2. The highest BCUT2D eigenvalue weighted by Gasteiger charge is 2.81. The van der Waals surface area contributed by atoms with Crippen molar-refractivity contribution in [1.82, 2.24) is 0 Å². The van der Waals surface area contributed by atoms with E-state index in [0.29, 0.717) is 22.4 Å². The van der Waals surface area contributed by atoms with Crippen LogP contribution in [0.3, 0.4) is 0 Å². The van der Waals surface area contributed by atoms with Gasteiger partial charge >= 0.3 is 0 Å². The number of carbonyl (C=O) groups is 2. The molecule has 4 aliphatic rings. The number of phenols is 1. The van der Waals surface area contributed by atoms with Gasteiger partial charge in [-0.25, -0.2) is 0 Å². The Bertz CT molecular complexity index is 1530. The van der Waals surface area contributed by atoms with Crippen LogP contribution < -0.4 is 5.32 Å². The number of hydrogen-bond donors (Lipinski definition) is 3. The second kappa shape index (κ2) is 7.58. The van der Waals surface area contributed by atoms with E-state index >= 15 is 0 Å². The number of carbonyl (C=O) groups excluding carboxylic acids is 2. The summed E-state index contributed by atoms with van der Waals surface area (Å²) in [5.74, 6) is 10.6. The van der Waals surface area contributed by atoms with Crippen LogP contribution in [-0.2, 0) is 16.8 Å². The molecule has 0 saturated carbocycles. The van der Waals surface area contributed by atoms with Gasteiger partial charge in [0.05, 0.1) is 16.8 Å². The average Bonchev–Trinajstić information content (AvgIpc) is 3.58. The number of phenolic OH excluding ortho intramolecular Hbond substituents is 1. The number of aromatic hydroxyl groups is 1. The van der Waals surface area contributed by atoms with Crippen molar-refractivity contribution >= 4 is 17.3 Å². The Balaban J connectivity index is 1.63. The highest BCUT2D eigenvalue weighted by molar-refractivity contribution is 6.31. The van der Waals surface area contributed by atoms with Gasteiger partial charge in [-0.1, -0.05) is 63.0 Å². The molecule has 0 aromatic heterocycles. The minimum Gasteiger partial charge on any atom is -0.507 e. The maximum absolute atomic E-state index is 13.9. The Labute approximate surface area is 209 Å². The number of nitrogens with one attached hydrogen (secondary N) is 1. The molecule has 2 aromatic rings. The molecule has 2 bridgehead atoms. The Hall–Kier alpha value is -3.84. The molecule has 36 heavy (non-hydrogen) atoms. The van der Waals surface area contributed by atoms with E-state index in [1.807, 2.05) is 26.8 Å². The van der Waals surface area contributed by atoms with Crippen molar-refractivity contribution in [3.63, 3.8) is 0 Å². The zero-order chi connectivity index (χ0) is 25.4. The van der Waals surface area contributed by atoms with Crippen LogP contribution in [0.1, 0.15) is 70.2 Å². The summed E-state index contributed by atoms with van der Waals surface area (Å²) >= 11 is 0. The van der Waals surface area contributed by atoms with E-state index in [2.05, 4.69) is 29.0 Å². The maximum Gasteiger partial charge on any atom is 0.198 e. The molecular weight excluding hydrogens is 454 g/mol. The van der Waals surface area contributed by atoms with E-state index in [4.69, 9.17) is 4.74 Å². The third kappa shape index (κ3) is 2.66. The van der Waals surface area contributed by atoms with Gasteiger partial charge in [0.25, 0.3) is 0 Å². The Morgan fingerprint density at radius 1 is 1.06 bits per heavy atom. The summed E-state index contributed by atoms with van der Waals surface area (Å²) in [7, 11) is 0. The summed E-state index contributed by atoms with van der Waals surface area (Å²) in [6.07, 6.45) is 3.60. The molecule has 6 heteroatoms. The van der Waals surface area contributed by atoms with Gasteiger partial charge in [0.1, 0.15) is 17.4 Å². The minimum absolute atomic E-state index is 0.0421. The lowest BCUT2D eigenvalue weighted by Crippen LogP contribution is -2.52. The van der Waals surface area contributed by atoms with Crippen LogP contribution in [0.25, 0.3) is 0 Å². The number of rotatable bonds is 3. The van der Waals surface area contributed by atoms with Crippen molar-refractivity contribution in [2.45, 2.75) is 57.0 Å². The molecular formula is C30H25NO5. The summed E-state index contributed by atoms with van der Waals surface area (Å²) in [4.78, 5) is 27.5. The highest BCUT2D eigenvalue weighted by atomic mass is 16.6. The number of ether oxygens (including phenoxy) is 1. The summed E-state index contributed by atoms with van der Waals surface area (Å²) in [5, 5.41) is 25.8. The van der Waals surface area contributed by atoms with E-state index in [1.54, 1.807) is 24.3 Å². The second-order valence-corrected chi connectivity index (χ2v) is 10.0. The molecule has 3 N–H and O–H groups in total. The molecule has 180 valence electrons. The van der Waals surface area contributed by atoms with E-state index < -0.39 is 29.1 Å². The third-order valence-electron chi connectivity index (χ3n) is 7.80. The first-order chi connectivity index (χ1) is 17.3. The molecule has 2 aliphatic carbocycles. The summed E-state index contributed by atoms with van der Waals surface area (Å²) < 4.78 is 6.42. The van der Waals surface area contributed by atoms with Gasteiger partial charge < -0.3 is 20.3 Å². The van der Waals surface area contributed by atoms with Crippen LogP contribution in [0, 0.1) is 29.6 Å². The lowest BCUT2D eigenvalue weighted by molar-refractivity contribution is 0.0975. The first-order valence-corrected chi connectivity index (χ1v) is 12.2. The molecule has 6 nitrogen and oxygen atoms in total. The number of hydrogen-bond acceptors (Lipinski definition) is 6. The molecule has 0 spiro atoms. The summed E-state index contributed by atoms with van der Waals surface area (Å²) in [5.41, 5.74) is 0.0786. The topological polar surface area (TPSA) is 99.2 Å². The number of ketones is 2. The lowest BCUT2D eigenvalue weighted by atomic mass is 9.67. The average molecular weight is 480 g/mol. The number of aryl methyl sites for hydroxylation is 1. The molecule has 0 amide bonds. The fourth-order valence-electron chi connectivity index (χ4n) is 6.17. The van der Waals surface area contributed by atoms with Gasteiger partial charge in [0.15, 0.2) is 23.3 Å². The van der Waals surface area contributed by atoms with Crippen molar-refractivity contribution in [2.24, 2.45) is 5.92 Å². The normalized spacial score (nSPS) is 29.2. The lowest BCUT2D eigenvalue weighted by Gasteiger charge is -2.38. The second-order valence-electron chi connectivity index (χ2n) is 10.0. The molecule has 2 heterocycles. The van der Waals surface area contributed by atoms with Gasteiger partial charge in [0, 0.05) is 16.7 Å². The van der Waals surface area contributed by atoms with Crippen LogP contribution in [0.2, 0.25) is 0 Å². The Kier molecular flexibility index (Phi) is 4.76. The van der Waals surface area contributed by atoms with E-state index in [9.17, 15) is 19.8 Å². The van der Waals surface area contributed by atoms with Crippen molar-refractivity contribution in [3.8, 4) is 29.4 Å². The summed E-state index contributed by atoms with van der Waals surface area (Å²) in [6, 6.07) is 6.14. The standard InChI is InChI=1S/C30H25NO5/c1-4-9-17-12-13-18-19(14-17)28(35)24-21(32)15-20-26(25(24)27(18)34)31-22-10-7-5-6-8-11-23(33)30(20)29(22,36-30)16(2)3/h5-6,12-16,22-23,31-33H,4,9H2,1-3H3/b6-5-/t22-,23+,29-,30-/m0/s1. The Morgan fingerprint density at radius 3 is 2.50 bits per heavy atom. The quantitative estimate of drug-likeness (QED) is 0.302. The van der Waals surface area contributed by atoms with Crippen molar-refractivity contribution in [2.75, 3.05) is 5.32 Å². The molecule has 1 saturated heterocycles. The van der Waals surface area contributed by atoms with Crippen LogP contribution in [0.5, 0.6) is 5.75 Å². The fraction of sp³-hybridized carbons (Fsp3) is 0.333. The number of anilines is 1. The largest absolute Gasteiger partial charge is 0.507 e. The molecule has 0 unspecified atom stereocenters. The predicted molar refractivity (Wildman–Crippen MR) is 134 cm³/mol. The predicted octanol–water partition coefficient (Wildman–Crippen LogP) is 3.47. The number of aliphatic hydroxyl groups is 1. The van der Waals surface area contributed by atoms with E-state index in [1.165, 1.54) is 6.07 Å². The summed E-state index contributed by atoms with van der Waals surface area (Å²) in [6.45, 7) is 6.00. The van der Waals surface area contributed by atoms with Crippen molar-refractivity contribution in [1.29, 1.82) is 0 Å². The van der Waals surface area contributed by atoms with Crippen molar-refractivity contribution in [3.05, 3.63) is 69.8 Å². The first kappa shape index (κ1) is 22.6.